The maximum atomic E-state index is 12.6. The van der Waals surface area contributed by atoms with Crippen LogP contribution >= 0.6 is 23.4 Å². The highest BCUT2D eigenvalue weighted by molar-refractivity contribution is 7.98. The van der Waals surface area contributed by atoms with E-state index in [1.165, 1.54) is 23.3 Å². The summed E-state index contributed by atoms with van der Waals surface area (Å²) in [5, 5.41) is 0.796. The van der Waals surface area contributed by atoms with Crippen molar-refractivity contribution < 1.29 is 4.79 Å². The average molecular weight is 431 g/mol. The largest absolute Gasteiger partial charge is 0.345 e. The highest BCUT2D eigenvalue weighted by atomic mass is 35.5. The van der Waals surface area contributed by atoms with Crippen LogP contribution in [0.5, 0.6) is 0 Å². The summed E-state index contributed by atoms with van der Waals surface area (Å²) in [5.74, 6) is 0.821. The summed E-state index contributed by atoms with van der Waals surface area (Å²) in [6, 6.07) is 16.5. The lowest BCUT2D eigenvalue weighted by Crippen LogP contribution is -2.40. The molecule has 0 saturated carbocycles. The van der Waals surface area contributed by atoms with E-state index in [1.807, 2.05) is 24.1 Å². The van der Waals surface area contributed by atoms with Crippen LogP contribution in [0.1, 0.15) is 24.0 Å². The van der Waals surface area contributed by atoms with Gasteiger partial charge in [0.1, 0.15) is 0 Å². The van der Waals surface area contributed by atoms with Gasteiger partial charge < -0.3 is 9.80 Å². The predicted octanol–water partition coefficient (Wildman–Crippen LogP) is 5.02. The average Bonchev–Trinajstić information content (AvgIpc) is 2.75. The first kappa shape index (κ1) is 22.2. The van der Waals surface area contributed by atoms with Crippen molar-refractivity contribution in [2.24, 2.45) is 5.92 Å². The number of hydrogen-bond acceptors (Lipinski definition) is 3. The second-order valence-electron chi connectivity index (χ2n) is 7.96. The van der Waals surface area contributed by atoms with Gasteiger partial charge >= 0.3 is 0 Å². The maximum Gasteiger partial charge on any atom is 0.226 e. The zero-order valence-corrected chi connectivity index (χ0v) is 19.0. The number of benzene rings is 2. The van der Waals surface area contributed by atoms with Crippen molar-refractivity contribution in [1.82, 2.24) is 9.80 Å². The van der Waals surface area contributed by atoms with Crippen LogP contribution < -0.4 is 0 Å². The van der Waals surface area contributed by atoms with Crippen LogP contribution in [0.15, 0.2) is 53.4 Å². The number of halogens is 1. The van der Waals surface area contributed by atoms with Gasteiger partial charge in [0.15, 0.2) is 0 Å². The molecule has 0 aromatic heterocycles. The highest BCUT2D eigenvalue weighted by Crippen LogP contribution is 2.20. The van der Waals surface area contributed by atoms with E-state index in [-0.39, 0.29) is 5.91 Å². The van der Waals surface area contributed by atoms with E-state index < -0.39 is 0 Å². The van der Waals surface area contributed by atoms with E-state index in [2.05, 4.69) is 47.6 Å². The SMILES string of the molecule is CSc1ccc(CC(=O)N(C)CC2CCN(CCc3ccc(Cl)cc3)CC2)cc1. The second-order valence-corrected chi connectivity index (χ2v) is 9.28. The first-order valence-corrected chi connectivity index (χ1v) is 12.0. The molecule has 0 N–H and O–H groups in total. The van der Waals surface area contributed by atoms with E-state index in [4.69, 9.17) is 11.6 Å². The summed E-state index contributed by atoms with van der Waals surface area (Å²) >= 11 is 7.68. The number of piperidine rings is 1. The molecule has 0 bridgehead atoms. The number of likely N-dealkylation sites (N-methyl/N-ethyl adjacent to an activating group) is 1. The van der Waals surface area contributed by atoms with Gasteiger partial charge in [-0.3, -0.25) is 4.79 Å². The van der Waals surface area contributed by atoms with Gasteiger partial charge in [-0.15, -0.1) is 11.8 Å². The molecule has 0 radical (unpaired) electrons. The quantitative estimate of drug-likeness (QED) is 0.549. The van der Waals surface area contributed by atoms with Gasteiger partial charge in [0.05, 0.1) is 6.42 Å². The minimum Gasteiger partial charge on any atom is -0.345 e. The molecule has 1 saturated heterocycles. The standard InChI is InChI=1S/C24H31ClN2OS/c1-26(24(28)17-20-5-9-23(29-2)10-6-20)18-21-12-15-27(16-13-21)14-11-19-3-7-22(25)8-4-19/h3-10,21H,11-18H2,1-2H3. The van der Waals surface area contributed by atoms with Crippen LogP contribution in [0.2, 0.25) is 5.02 Å². The summed E-state index contributed by atoms with van der Waals surface area (Å²) in [6.45, 7) is 4.20. The number of carbonyl (C=O) groups excluding carboxylic acids is 1. The second kappa shape index (κ2) is 11.1. The van der Waals surface area contributed by atoms with Crippen molar-refractivity contribution in [2.75, 3.05) is 39.5 Å². The molecule has 2 aromatic carbocycles. The molecule has 1 aliphatic heterocycles. The molecule has 156 valence electrons. The van der Waals surface area contributed by atoms with E-state index in [0.29, 0.717) is 12.3 Å². The molecule has 0 aliphatic carbocycles. The molecule has 0 spiro atoms. The van der Waals surface area contributed by atoms with Gasteiger partial charge in [-0.25, -0.2) is 0 Å². The lowest BCUT2D eigenvalue weighted by molar-refractivity contribution is -0.129. The van der Waals surface area contributed by atoms with Crippen LogP contribution in [-0.4, -0.2) is 55.2 Å². The molecule has 5 heteroatoms. The third kappa shape index (κ3) is 7.06. The zero-order chi connectivity index (χ0) is 20.6. The Bertz CT molecular complexity index is 770. The highest BCUT2D eigenvalue weighted by Gasteiger charge is 2.22. The third-order valence-corrected chi connectivity index (χ3v) is 6.80. The van der Waals surface area contributed by atoms with E-state index in [1.54, 1.807) is 11.8 Å². The maximum absolute atomic E-state index is 12.6. The summed E-state index contributed by atoms with van der Waals surface area (Å²) in [5.41, 5.74) is 2.43. The Morgan fingerprint density at radius 3 is 2.31 bits per heavy atom. The molecule has 0 atom stereocenters. The van der Waals surface area contributed by atoms with Crippen LogP contribution in [0.3, 0.4) is 0 Å². The first-order chi connectivity index (χ1) is 14.0. The number of nitrogens with zero attached hydrogens (tertiary/aromatic N) is 2. The van der Waals surface area contributed by atoms with Crippen molar-refractivity contribution in [3.8, 4) is 0 Å². The summed E-state index contributed by atoms with van der Waals surface area (Å²) in [6.07, 6.45) is 5.96. The molecule has 29 heavy (non-hydrogen) atoms. The van der Waals surface area contributed by atoms with Gasteiger partial charge in [-0.2, -0.15) is 0 Å². The Morgan fingerprint density at radius 1 is 1.07 bits per heavy atom. The summed E-state index contributed by atoms with van der Waals surface area (Å²) < 4.78 is 0. The lowest BCUT2D eigenvalue weighted by Gasteiger charge is -2.34. The number of thioether (sulfide) groups is 1. The van der Waals surface area contributed by atoms with Crippen LogP contribution in [0.25, 0.3) is 0 Å². The normalized spacial score (nSPS) is 15.4. The number of carbonyl (C=O) groups is 1. The minimum atomic E-state index is 0.215. The Morgan fingerprint density at radius 2 is 1.69 bits per heavy atom. The van der Waals surface area contributed by atoms with Crippen LogP contribution in [-0.2, 0) is 17.6 Å². The molecule has 1 heterocycles. The van der Waals surface area contributed by atoms with E-state index >= 15 is 0 Å². The Labute approximate surface area is 184 Å². The van der Waals surface area contributed by atoms with Gasteiger partial charge in [0.25, 0.3) is 0 Å². The summed E-state index contributed by atoms with van der Waals surface area (Å²) in [7, 11) is 1.95. The van der Waals surface area contributed by atoms with E-state index in [9.17, 15) is 4.79 Å². The fourth-order valence-electron chi connectivity index (χ4n) is 3.87. The van der Waals surface area contributed by atoms with Crippen LogP contribution in [0, 0.1) is 5.92 Å². The molecule has 1 amide bonds. The van der Waals surface area contributed by atoms with Crippen molar-refractivity contribution in [2.45, 2.75) is 30.6 Å². The van der Waals surface area contributed by atoms with Gasteiger partial charge in [-0.1, -0.05) is 35.9 Å². The van der Waals surface area contributed by atoms with Gasteiger partial charge in [0.2, 0.25) is 5.91 Å². The monoisotopic (exact) mass is 430 g/mol. The Balaban J connectivity index is 1.37. The fraction of sp³-hybridized carbons (Fsp3) is 0.458. The van der Waals surface area contributed by atoms with Crippen LogP contribution in [0.4, 0.5) is 0 Å². The van der Waals surface area contributed by atoms with Gasteiger partial charge in [0, 0.05) is 30.1 Å². The van der Waals surface area contributed by atoms with Crippen molar-refractivity contribution in [3.63, 3.8) is 0 Å². The molecule has 1 aliphatic rings. The zero-order valence-electron chi connectivity index (χ0n) is 17.4. The molecule has 1 fully saturated rings. The lowest BCUT2D eigenvalue weighted by atomic mass is 9.95. The number of rotatable bonds is 8. The number of amides is 1. The smallest absolute Gasteiger partial charge is 0.226 e. The third-order valence-electron chi connectivity index (χ3n) is 5.81. The van der Waals surface area contributed by atoms with Gasteiger partial charge in [-0.05, 0) is 79.9 Å². The van der Waals surface area contributed by atoms with Crippen molar-refractivity contribution in [1.29, 1.82) is 0 Å². The Hall–Kier alpha value is -1.49. The molecular formula is C24H31ClN2OS. The Kier molecular flexibility index (Phi) is 8.46. The molecule has 3 nitrogen and oxygen atoms in total. The molecule has 0 unspecified atom stereocenters. The fourth-order valence-corrected chi connectivity index (χ4v) is 4.41. The first-order valence-electron chi connectivity index (χ1n) is 10.4. The topological polar surface area (TPSA) is 23.6 Å². The van der Waals surface area contributed by atoms with Crippen molar-refractivity contribution >= 4 is 29.3 Å². The summed E-state index contributed by atoms with van der Waals surface area (Å²) in [4.78, 5) is 18.3. The molecule has 2 aromatic rings. The number of likely N-dealkylation sites (tertiary alicyclic amines) is 1. The predicted molar refractivity (Wildman–Crippen MR) is 124 cm³/mol. The molecule has 3 rings (SSSR count). The number of hydrogen-bond donors (Lipinski definition) is 0. The van der Waals surface area contributed by atoms with E-state index in [0.717, 1.165) is 43.2 Å². The minimum absolute atomic E-state index is 0.215. The van der Waals surface area contributed by atoms with Crippen molar-refractivity contribution in [3.05, 3.63) is 64.7 Å². The molecular weight excluding hydrogens is 400 g/mol.